The highest BCUT2D eigenvalue weighted by Crippen LogP contribution is 2.24. The molecule has 0 fully saturated rings. The first-order valence-corrected chi connectivity index (χ1v) is 7.03. The summed E-state index contributed by atoms with van der Waals surface area (Å²) in [4.78, 5) is 10.1. The normalized spacial score (nSPS) is 13.6. The first-order chi connectivity index (χ1) is 8.90. The summed E-state index contributed by atoms with van der Waals surface area (Å²) in [5, 5.41) is 0. The van der Waals surface area contributed by atoms with Crippen LogP contribution in [0.2, 0.25) is 0 Å². The fourth-order valence-electron chi connectivity index (χ4n) is 2.37. The van der Waals surface area contributed by atoms with Gasteiger partial charge in [0.15, 0.2) is 10.4 Å². The molecule has 0 saturated heterocycles. The van der Waals surface area contributed by atoms with Crippen LogP contribution in [0.5, 0.6) is 0 Å². The van der Waals surface area contributed by atoms with Crippen LogP contribution in [0.4, 0.5) is 0 Å². The molecule has 0 radical (unpaired) electrons. The van der Waals surface area contributed by atoms with Crippen molar-refractivity contribution in [2.75, 3.05) is 20.6 Å². The first-order valence-electron chi connectivity index (χ1n) is 6.62. The van der Waals surface area contributed by atoms with Crippen molar-refractivity contribution >= 4 is 23.4 Å². The van der Waals surface area contributed by atoms with Gasteiger partial charge in [0.2, 0.25) is 0 Å². The maximum atomic E-state index is 5.49. The van der Waals surface area contributed by atoms with Gasteiger partial charge in [-0.2, -0.15) is 0 Å². The lowest BCUT2D eigenvalue weighted by Crippen LogP contribution is -2.28. The van der Waals surface area contributed by atoms with Crippen LogP contribution in [0.25, 0.3) is 11.2 Å². The molecule has 2 rings (SSSR count). The lowest BCUT2D eigenvalue weighted by atomic mass is 10.0. The number of likely N-dealkylation sites (N-methyl/N-ethyl adjacent to an activating group) is 1. The standard InChI is InChI=1S/C14H22N4S/c1-9(2)12(8-17(4)5)18-13-11(16-14(18)19)7-6-10(3)15-13/h6-7,9,12H,8H2,1-5H3,(H,16,19). The second-order valence-corrected chi connectivity index (χ2v) is 6.08. The van der Waals surface area contributed by atoms with Gasteiger partial charge in [-0.25, -0.2) is 4.98 Å². The van der Waals surface area contributed by atoms with E-state index in [1.165, 1.54) is 0 Å². The minimum Gasteiger partial charge on any atom is -0.329 e. The van der Waals surface area contributed by atoms with E-state index in [9.17, 15) is 0 Å². The molecule has 4 nitrogen and oxygen atoms in total. The molecule has 0 aliphatic carbocycles. The second-order valence-electron chi connectivity index (χ2n) is 5.70. The quantitative estimate of drug-likeness (QED) is 0.873. The molecule has 0 aliphatic heterocycles. The first kappa shape index (κ1) is 14.2. The van der Waals surface area contributed by atoms with Gasteiger partial charge in [0.1, 0.15) is 0 Å². The molecular formula is C14H22N4S. The zero-order valence-electron chi connectivity index (χ0n) is 12.3. The van der Waals surface area contributed by atoms with Crippen LogP contribution in [-0.4, -0.2) is 40.1 Å². The Bertz CT molecular complexity index is 624. The van der Waals surface area contributed by atoms with E-state index in [0.29, 0.717) is 12.0 Å². The zero-order chi connectivity index (χ0) is 14.2. The van der Waals surface area contributed by atoms with E-state index in [-0.39, 0.29) is 0 Å². The Labute approximate surface area is 119 Å². The Hall–Kier alpha value is -1.20. The molecule has 0 aliphatic rings. The van der Waals surface area contributed by atoms with E-state index >= 15 is 0 Å². The van der Waals surface area contributed by atoms with Crippen LogP contribution < -0.4 is 0 Å². The van der Waals surface area contributed by atoms with Crippen LogP contribution in [0.15, 0.2) is 12.1 Å². The number of H-pyrrole nitrogens is 1. The topological polar surface area (TPSA) is 36.9 Å². The smallest absolute Gasteiger partial charge is 0.179 e. The minimum absolute atomic E-state index is 0.325. The van der Waals surface area contributed by atoms with E-state index in [0.717, 1.165) is 28.2 Å². The van der Waals surface area contributed by atoms with Crippen molar-refractivity contribution in [1.29, 1.82) is 0 Å². The largest absolute Gasteiger partial charge is 0.329 e. The van der Waals surface area contributed by atoms with Crippen molar-refractivity contribution in [1.82, 2.24) is 19.4 Å². The molecule has 0 spiro atoms. The van der Waals surface area contributed by atoms with Crippen LogP contribution >= 0.6 is 12.2 Å². The molecule has 5 heteroatoms. The number of nitrogens with one attached hydrogen (secondary N) is 1. The molecular weight excluding hydrogens is 256 g/mol. The lowest BCUT2D eigenvalue weighted by molar-refractivity contribution is 0.271. The van der Waals surface area contributed by atoms with Crippen molar-refractivity contribution < 1.29 is 0 Å². The highest BCUT2D eigenvalue weighted by Gasteiger charge is 2.20. The molecule has 1 unspecified atom stereocenters. The Morgan fingerprint density at radius 1 is 1.37 bits per heavy atom. The van der Waals surface area contributed by atoms with Crippen LogP contribution in [0.3, 0.4) is 0 Å². The van der Waals surface area contributed by atoms with Gasteiger partial charge < -0.3 is 9.88 Å². The number of nitrogens with zero attached hydrogens (tertiary/aromatic N) is 3. The van der Waals surface area contributed by atoms with Crippen molar-refractivity contribution in [3.8, 4) is 0 Å². The van der Waals surface area contributed by atoms with Gasteiger partial charge in [-0.1, -0.05) is 13.8 Å². The third kappa shape index (κ3) is 2.87. The van der Waals surface area contributed by atoms with Crippen molar-refractivity contribution in [3.63, 3.8) is 0 Å². The Morgan fingerprint density at radius 2 is 2.05 bits per heavy atom. The maximum absolute atomic E-state index is 5.49. The van der Waals surface area contributed by atoms with Crippen molar-refractivity contribution in [2.24, 2.45) is 5.92 Å². The summed E-state index contributed by atoms with van der Waals surface area (Å²) in [5.74, 6) is 0.496. The molecule has 1 N–H and O–H groups in total. The fraction of sp³-hybridized carbons (Fsp3) is 0.571. The average molecular weight is 278 g/mol. The molecule has 104 valence electrons. The molecule has 19 heavy (non-hydrogen) atoms. The van der Waals surface area contributed by atoms with Gasteiger partial charge in [0.05, 0.1) is 11.6 Å². The Morgan fingerprint density at radius 3 is 2.63 bits per heavy atom. The molecule has 0 aromatic carbocycles. The van der Waals surface area contributed by atoms with Crippen molar-refractivity contribution in [2.45, 2.75) is 26.8 Å². The molecule has 0 saturated carbocycles. The number of aryl methyl sites for hydroxylation is 1. The van der Waals surface area contributed by atoms with Gasteiger partial charge in [0, 0.05) is 12.2 Å². The molecule has 2 heterocycles. The van der Waals surface area contributed by atoms with Crippen LogP contribution in [0.1, 0.15) is 25.6 Å². The number of imidazole rings is 1. The van der Waals surface area contributed by atoms with E-state index in [4.69, 9.17) is 12.2 Å². The monoisotopic (exact) mass is 278 g/mol. The van der Waals surface area contributed by atoms with Gasteiger partial charge in [-0.3, -0.25) is 4.57 Å². The average Bonchev–Trinajstić information content (AvgIpc) is 2.61. The number of aromatic amines is 1. The highest BCUT2D eigenvalue weighted by molar-refractivity contribution is 7.71. The number of fused-ring (bicyclic) bond motifs is 1. The number of pyridine rings is 1. The number of hydrogen-bond acceptors (Lipinski definition) is 3. The highest BCUT2D eigenvalue weighted by atomic mass is 32.1. The van der Waals surface area contributed by atoms with Crippen LogP contribution in [0, 0.1) is 17.6 Å². The third-order valence-corrected chi connectivity index (χ3v) is 3.66. The lowest BCUT2D eigenvalue weighted by Gasteiger charge is -2.26. The molecule has 1 atom stereocenters. The van der Waals surface area contributed by atoms with Crippen molar-refractivity contribution in [3.05, 3.63) is 22.6 Å². The van der Waals surface area contributed by atoms with E-state index in [2.05, 4.69) is 53.4 Å². The van der Waals surface area contributed by atoms with Crippen LogP contribution in [-0.2, 0) is 0 Å². The predicted octanol–water partition coefficient (Wildman–Crippen LogP) is 3.16. The van der Waals surface area contributed by atoms with Gasteiger partial charge >= 0.3 is 0 Å². The summed E-state index contributed by atoms with van der Waals surface area (Å²) in [6.07, 6.45) is 0. The summed E-state index contributed by atoms with van der Waals surface area (Å²) in [5.41, 5.74) is 2.99. The van der Waals surface area contributed by atoms with Gasteiger partial charge in [-0.05, 0) is 51.3 Å². The fourth-order valence-corrected chi connectivity index (χ4v) is 2.70. The van der Waals surface area contributed by atoms with Gasteiger partial charge in [0.25, 0.3) is 0 Å². The predicted molar refractivity (Wildman–Crippen MR) is 82.1 cm³/mol. The van der Waals surface area contributed by atoms with E-state index in [1.54, 1.807) is 0 Å². The Balaban J connectivity index is 2.61. The summed E-state index contributed by atoms with van der Waals surface area (Å²) in [6, 6.07) is 4.39. The third-order valence-electron chi connectivity index (χ3n) is 3.36. The summed E-state index contributed by atoms with van der Waals surface area (Å²) >= 11 is 5.49. The maximum Gasteiger partial charge on any atom is 0.179 e. The minimum atomic E-state index is 0.325. The second kappa shape index (κ2) is 5.43. The molecule has 0 amide bonds. The summed E-state index contributed by atoms with van der Waals surface area (Å²) in [6.45, 7) is 7.42. The van der Waals surface area contributed by atoms with E-state index in [1.807, 2.05) is 13.0 Å². The molecule has 2 aromatic rings. The number of hydrogen-bond donors (Lipinski definition) is 1. The SMILES string of the molecule is Cc1ccc2[nH]c(=S)n(C(CN(C)C)C(C)C)c2n1. The Kier molecular flexibility index (Phi) is 4.06. The number of rotatable bonds is 4. The van der Waals surface area contributed by atoms with E-state index < -0.39 is 0 Å². The summed E-state index contributed by atoms with van der Waals surface area (Å²) < 4.78 is 2.93. The molecule has 0 bridgehead atoms. The summed E-state index contributed by atoms with van der Waals surface area (Å²) in [7, 11) is 4.18. The number of aromatic nitrogens is 3. The van der Waals surface area contributed by atoms with Gasteiger partial charge in [-0.15, -0.1) is 0 Å². The zero-order valence-corrected chi connectivity index (χ0v) is 13.1. The molecule has 2 aromatic heterocycles.